The lowest BCUT2D eigenvalue weighted by atomic mass is 9.96. The van der Waals surface area contributed by atoms with Gasteiger partial charge in [0, 0.05) is 43.9 Å². The van der Waals surface area contributed by atoms with Crippen LogP contribution in [0.15, 0.2) is 224 Å². The molecule has 350 valence electrons. The normalized spacial score (nSPS) is 11.1. The Morgan fingerprint density at radius 3 is 1.26 bits per heavy atom. The average molecular weight is 968 g/mol. The van der Waals surface area contributed by atoms with E-state index in [0.29, 0.717) is 50.9 Å². The molecule has 0 atom stereocenters. The van der Waals surface area contributed by atoms with Crippen LogP contribution in [0.25, 0.3) is 123 Å². The fourth-order valence-corrected chi connectivity index (χ4v) is 10.6. The second kappa shape index (κ2) is 18.4. The van der Waals surface area contributed by atoms with Crippen LogP contribution in [0, 0.1) is 45.3 Å². The van der Waals surface area contributed by atoms with Crippen LogP contribution in [0.5, 0.6) is 0 Å². The monoisotopic (exact) mass is 967 g/mol. The molecule has 10 aromatic carbocycles. The first-order chi connectivity index (χ1) is 37.5. The smallest absolute Gasteiger partial charge is 0.166 e. The Labute approximate surface area is 436 Å². The molecule has 0 aliphatic carbocycles. The summed E-state index contributed by atoms with van der Waals surface area (Å²) in [5, 5.41) is 44.5. The van der Waals surface area contributed by atoms with Gasteiger partial charge in [-0.15, -0.1) is 0 Å². The molecule has 0 saturated heterocycles. The molecule has 0 amide bonds. The van der Waals surface area contributed by atoms with Gasteiger partial charge < -0.3 is 9.13 Å². The molecule has 0 aliphatic heterocycles. The Morgan fingerprint density at radius 1 is 0.289 bits per heavy atom. The molecule has 0 radical (unpaired) electrons. The average Bonchev–Trinajstić information content (AvgIpc) is 4.04. The molecule has 0 spiro atoms. The van der Waals surface area contributed by atoms with Crippen molar-refractivity contribution in [3.8, 4) is 103 Å². The van der Waals surface area contributed by atoms with Gasteiger partial charge in [-0.3, -0.25) is 0 Å². The van der Waals surface area contributed by atoms with Crippen molar-refractivity contribution in [2.75, 3.05) is 0 Å². The first-order valence-corrected chi connectivity index (χ1v) is 24.6. The largest absolute Gasteiger partial charge is 0.309 e. The number of benzene rings is 10. The summed E-state index contributed by atoms with van der Waals surface area (Å²) in [6.07, 6.45) is 0. The lowest BCUT2D eigenvalue weighted by Crippen LogP contribution is -2.04. The maximum Gasteiger partial charge on any atom is 0.166 e. The predicted octanol–water partition coefficient (Wildman–Crippen LogP) is 15.6. The molecule has 0 unspecified atom stereocenters. The third kappa shape index (κ3) is 7.58. The fraction of sp³-hybridized carbons (Fsp3) is 0. The van der Waals surface area contributed by atoms with Crippen molar-refractivity contribution >= 4 is 43.6 Å². The second-order valence-electron chi connectivity index (χ2n) is 18.5. The first kappa shape index (κ1) is 44.7. The van der Waals surface area contributed by atoms with Crippen molar-refractivity contribution < 1.29 is 0 Å². The Morgan fingerprint density at radius 2 is 0.724 bits per heavy atom. The molecule has 0 bridgehead atoms. The molecular weight excluding hydrogens is 931 g/mol. The van der Waals surface area contributed by atoms with Gasteiger partial charge in [-0.2, -0.15) is 21.0 Å². The molecular formula is C67H37N9. The van der Waals surface area contributed by atoms with E-state index in [2.05, 4.69) is 143 Å². The molecule has 9 heteroatoms. The zero-order chi connectivity index (χ0) is 51.3. The highest BCUT2D eigenvalue weighted by atomic mass is 15.1. The van der Waals surface area contributed by atoms with Crippen molar-refractivity contribution in [3.05, 3.63) is 247 Å². The van der Waals surface area contributed by atoms with E-state index in [1.165, 1.54) is 0 Å². The van der Waals surface area contributed by atoms with Crippen molar-refractivity contribution in [1.82, 2.24) is 24.1 Å². The summed E-state index contributed by atoms with van der Waals surface area (Å²) >= 11 is 0. The van der Waals surface area contributed by atoms with Gasteiger partial charge in [0.2, 0.25) is 0 Å². The molecule has 3 heterocycles. The summed E-state index contributed by atoms with van der Waals surface area (Å²) in [5.41, 5.74) is 14.5. The maximum absolute atomic E-state index is 10.4. The molecule has 0 saturated carbocycles. The minimum absolute atomic E-state index is 0.383. The number of hydrogen-bond donors (Lipinski definition) is 0. The minimum atomic E-state index is 0.383. The maximum atomic E-state index is 10.4. The summed E-state index contributed by atoms with van der Waals surface area (Å²) in [5.74, 6) is 1.47. The van der Waals surface area contributed by atoms with Crippen molar-refractivity contribution in [2.24, 2.45) is 0 Å². The third-order valence-corrected chi connectivity index (χ3v) is 14.1. The standard InChI is InChI=1S/C67H37N9/c68-38-42-20-26-53(50(32-42)40-70)48-23-29-57-58-30-24-49(54-27-21-43(39-69)33-51(54)41-71)37-64(58)76(63(57)36-48)61-31-25-46(47-22-28-56-55-18-10-11-19-60(55)75(62(56)35-47)52-16-8-3-9-17-52)34-59(61)67-73-65(44-12-4-1-5-13-44)72-66(74-67)45-14-6-2-7-15-45/h1-37H. The van der Waals surface area contributed by atoms with Crippen LogP contribution in [-0.2, 0) is 0 Å². The zero-order valence-corrected chi connectivity index (χ0v) is 40.4. The number of aromatic nitrogens is 5. The van der Waals surface area contributed by atoms with Gasteiger partial charge in [-0.05, 0) is 106 Å². The van der Waals surface area contributed by atoms with E-state index >= 15 is 0 Å². The van der Waals surface area contributed by atoms with Crippen LogP contribution in [0.4, 0.5) is 0 Å². The quantitative estimate of drug-likeness (QED) is 0.147. The molecule has 76 heavy (non-hydrogen) atoms. The number of hydrogen-bond acceptors (Lipinski definition) is 7. The molecule has 0 N–H and O–H groups in total. The number of nitriles is 4. The van der Waals surface area contributed by atoms with Crippen molar-refractivity contribution in [1.29, 1.82) is 21.0 Å². The number of rotatable bonds is 8. The van der Waals surface area contributed by atoms with E-state index in [0.717, 1.165) is 93.9 Å². The van der Waals surface area contributed by atoms with Gasteiger partial charge in [0.05, 0.1) is 74.3 Å². The van der Waals surface area contributed by atoms with Gasteiger partial charge in [0.25, 0.3) is 0 Å². The number of nitrogens with zero attached hydrogens (tertiary/aromatic N) is 9. The highest BCUT2D eigenvalue weighted by molar-refractivity contribution is 6.13. The molecule has 3 aromatic heterocycles. The lowest BCUT2D eigenvalue weighted by Gasteiger charge is -2.17. The van der Waals surface area contributed by atoms with Crippen molar-refractivity contribution in [3.63, 3.8) is 0 Å². The molecule has 13 aromatic rings. The first-order valence-electron chi connectivity index (χ1n) is 24.6. The summed E-state index contributed by atoms with van der Waals surface area (Å²) in [6, 6.07) is 83.5. The van der Waals surface area contributed by atoms with Crippen LogP contribution in [-0.4, -0.2) is 24.1 Å². The van der Waals surface area contributed by atoms with E-state index in [9.17, 15) is 21.0 Å². The Balaban J connectivity index is 1.13. The molecule has 9 nitrogen and oxygen atoms in total. The summed E-state index contributed by atoms with van der Waals surface area (Å²) in [4.78, 5) is 15.8. The zero-order valence-electron chi connectivity index (χ0n) is 40.4. The highest BCUT2D eigenvalue weighted by Gasteiger charge is 2.23. The second-order valence-corrected chi connectivity index (χ2v) is 18.5. The summed E-state index contributed by atoms with van der Waals surface area (Å²) in [7, 11) is 0. The van der Waals surface area contributed by atoms with Crippen LogP contribution in [0.2, 0.25) is 0 Å². The highest BCUT2D eigenvalue weighted by Crippen LogP contribution is 2.43. The Bertz CT molecular complexity index is 4490. The van der Waals surface area contributed by atoms with Gasteiger partial charge in [0.15, 0.2) is 17.5 Å². The number of fused-ring (bicyclic) bond motifs is 6. The SMILES string of the molecule is N#Cc1ccc(-c2ccc3c4ccc(-c5ccc(C#N)cc5C#N)cc4n(-c4ccc(-c5ccc6c7ccccc7n(-c7ccccc7)c6c5)cc4-c4nc(-c5ccccc5)nc(-c5ccccc5)n4)c3c2)c(C#N)c1. The molecule has 0 aliphatic rings. The van der Waals surface area contributed by atoms with E-state index in [-0.39, 0.29) is 0 Å². The van der Waals surface area contributed by atoms with Gasteiger partial charge in [0.1, 0.15) is 0 Å². The summed E-state index contributed by atoms with van der Waals surface area (Å²) < 4.78 is 4.53. The topological polar surface area (TPSA) is 144 Å². The predicted molar refractivity (Wildman–Crippen MR) is 300 cm³/mol. The molecule has 0 fully saturated rings. The number of para-hydroxylation sites is 2. The van der Waals surface area contributed by atoms with Gasteiger partial charge in [-0.25, -0.2) is 15.0 Å². The van der Waals surface area contributed by atoms with E-state index in [4.69, 9.17) is 15.0 Å². The Hall–Kier alpha value is -11.2. The van der Waals surface area contributed by atoms with Gasteiger partial charge in [-0.1, -0.05) is 152 Å². The van der Waals surface area contributed by atoms with Crippen LogP contribution < -0.4 is 0 Å². The van der Waals surface area contributed by atoms with Crippen molar-refractivity contribution in [2.45, 2.75) is 0 Å². The summed E-state index contributed by atoms with van der Waals surface area (Å²) in [6.45, 7) is 0. The van der Waals surface area contributed by atoms with Gasteiger partial charge >= 0.3 is 0 Å². The van der Waals surface area contributed by atoms with Crippen LogP contribution in [0.3, 0.4) is 0 Å². The van der Waals surface area contributed by atoms with Crippen LogP contribution >= 0.6 is 0 Å². The van der Waals surface area contributed by atoms with E-state index in [1.807, 2.05) is 91.0 Å². The third-order valence-electron chi connectivity index (χ3n) is 14.1. The Kier molecular flexibility index (Phi) is 10.8. The van der Waals surface area contributed by atoms with E-state index < -0.39 is 0 Å². The van der Waals surface area contributed by atoms with Crippen LogP contribution in [0.1, 0.15) is 22.3 Å². The molecule has 13 rings (SSSR count). The lowest BCUT2D eigenvalue weighted by molar-refractivity contribution is 1.06. The minimum Gasteiger partial charge on any atom is -0.309 e. The van der Waals surface area contributed by atoms with E-state index in [1.54, 1.807) is 24.3 Å². The fourth-order valence-electron chi connectivity index (χ4n) is 10.6.